The molecule has 0 bridgehead atoms. The number of aromatic nitrogens is 3. The van der Waals surface area contributed by atoms with E-state index in [1.54, 1.807) is 0 Å². The highest BCUT2D eigenvalue weighted by Gasteiger charge is 2.05. The molecule has 0 spiro atoms. The van der Waals surface area contributed by atoms with Crippen molar-refractivity contribution in [2.24, 2.45) is 0 Å². The molecule has 1 aromatic heterocycles. The molecular weight excluding hydrogens is 164 g/mol. The van der Waals surface area contributed by atoms with Crippen LogP contribution in [0.4, 0.5) is 0 Å². The summed E-state index contributed by atoms with van der Waals surface area (Å²) in [7, 11) is 0. The summed E-state index contributed by atoms with van der Waals surface area (Å²) in [6.45, 7) is 9.27. The van der Waals surface area contributed by atoms with Crippen molar-refractivity contribution in [1.29, 1.82) is 0 Å². The molecule has 0 fully saturated rings. The minimum atomic E-state index is 0.379. The second kappa shape index (κ2) is 4.77. The number of nitrogens with zero attached hydrogens (tertiary/aromatic N) is 2. The molecule has 1 aromatic rings. The second-order valence-electron chi connectivity index (χ2n) is 3.21. The zero-order valence-electron chi connectivity index (χ0n) is 8.17. The van der Waals surface area contributed by atoms with Gasteiger partial charge >= 0.3 is 0 Å². The van der Waals surface area contributed by atoms with Gasteiger partial charge in [0.2, 0.25) is 0 Å². The molecule has 4 heteroatoms. The Balaban J connectivity index is 2.44. The molecule has 0 radical (unpaired) electrons. The lowest BCUT2D eigenvalue weighted by molar-refractivity contribution is 0.718. The van der Waals surface area contributed by atoms with Crippen LogP contribution in [0.3, 0.4) is 0 Å². The molecule has 72 valence electrons. The zero-order valence-corrected chi connectivity index (χ0v) is 8.17. The monoisotopic (exact) mass is 180 g/mol. The Morgan fingerprint density at radius 1 is 1.62 bits per heavy atom. The van der Waals surface area contributed by atoms with Crippen LogP contribution >= 0.6 is 0 Å². The molecule has 0 aliphatic heterocycles. The smallest absolute Gasteiger partial charge is 0.153 e. The van der Waals surface area contributed by atoms with E-state index in [4.69, 9.17) is 0 Å². The van der Waals surface area contributed by atoms with Gasteiger partial charge in [0.05, 0.1) is 6.54 Å². The quantitative estimate of drug-likeness (QED) is 0.529. The first kappa shape index (κ1) is 9.92. The van der Waals surface area contributed by atoms with Crippen LogP contribution in [-0.2, 0) is 6.54 Å². The molecule has 0 aliphatic rings. The zero-order chi connectivity index (χ0) is 9.68. The van der Waals surface area contributed by atoms with Gasteiger partial charge in [-0.1, -0.05) is 19.9 Å². The third kappa shape index (κ3) is 2.99. The molecular formula is C9H16N4. The summed E-state index contributed by atoms with van der Waals surface area (Å²) >= 11 is 0. The largest absolute Gasteiger partial charge is 0.306 e. The van der Waals surface area contributed by atoms with Gasteiger partial charge in [0.1, 0.15) is 5.82 Å². The predicted molar refractivity (Wildman–Crippen MR) is 52.4 cm³/mol. The average molecular weight is 180 g/mol. The predicted octanol–water partition coefficient (Wildman–Crippen LogP) is 1.20. The number of nitrogens with one attached hydrogen (secondary N) is 2. The van der Waals surface area contributed by atoms with Crippen molar-refractivity contribution in [3.8, 4) is 0 Å². The van der Waals surface area contributed by atoms with Crippen LogP contribution in [0.5, 0.6) is 0 Å². The van der Waals surface area contributed by atoms with E-state index in [0.29, 0.717) is 12.5 Å². The van der Waals surface area contributed by atoms with Crippen molar-refractivity contribution in [3.63, 3.8) is 0 Å². The van der Waals surface area contributed by atoms with Gasteiger partial charge in [0.25, 0.3) is 0 Å². The molecule has 0 aromatic carbocycles. The van der Waals surface area contributed by atoms with Gasteiger partial charge in [-0.25, -0.2) is 4.98 Å². The highest BCUT2D eigenvalue weighted by molar-refractivity contribution is 4.94. The molecule has 13 heavy (non-hydrogen) atoms. The van der Waals surface area contributed by atoms with Crippen molar-refractivity contribution < 1.29 is 0 Å². The van der Waals surface area contributed by atoms with Crippen LogP contribution < -0.4 is 5.32 Å². The van der Waals surface area contributed by atoms with E-state index in [-0.39, 0.29) is 0 Å². The fourth-order valence-corrected chi connectivity index (χ4v) is 0.940. The lowest BCUT2D eigenvalue weighted by Gasteiger charge is -1.96. The highest BCUT2D eigenvalue weighted by Crippen LogP contribution is 2.06. The first-order valence-electron chi connectivity index (χ1n) is 4.46. The van der Waals surface area contributed by atoms with E-state index >= 15 is 0 Å². The molecule has 2 N–H and O–H groups in total. The molecule has 0 saturated heterocycles. The summed E-state index contributed by atoms with van der Waals surface area (Å²) in [5.41, 5.74) is 0. The lowest BCUT2D eigenvalue weighted by atomic mass is 10.2. The minimum absolute atomic E-state index is 0.379. The number of hydrogen-bond acceptors (Lipinski definition) is 3. The van der Waals surface area contributed by atoms with E-state index < -0.39 is 0 Å². The second-order valence-corrected chi connectivity index (χ2v) is 3.21. The Labute approximate surface area is 78.5 Å². The maximum atomic E-state index is 4.32. The van der Waals surface area contributed by atoms with Gasteiger partial charge in [-0.15, -0.1) is 6.58 Å². The Morgan fingerprint density at radius 2 is 2.38 bits per heavy atom. The molecule has 1 heterocycles. The standard InChI is InChI=1S/C9H16N4/c1-4-5-10-6-8-11-9(7(2)3)13-12-8/h4,7,10H,1,5-6H2,2-3H3,(H,11,12,13). The fraction of sp³-hybridized carbons (Fsp3) is 0.556. The number of rotatable bonds is 5. The lowest BCUT2D eigenvalue weighted by Crippen LogP contribution is -2.13. The molecule has 1 rings (SSSR count). The number of H-pyrrole nitrogens is 1. The van der Waals surface area contributed by atoms with E-state index in [9.17, 15) is 0 Å². The van der Waals surface area contributed by atoms with Crippen LogP contribution in [0.2, 0.25) is 0 Å². The van der Waals surface area contributed by atoms with Crippen LogP contribution in [-0.4, -0.2) is 21.7 Å². The SMILES string of the molecule is C=CCNCc1nc(C(C)C)n[nH]1. The van der Waals surface area contributed by atoms with E-state index in [0.717, 1.165) is 18.2 Å². The topological polar surface area (TPSA) is 53.6 Å². The number of aromatic amines is 1. The molecule has 0 amide bonds. The van der Waals surface area contributed by atoms with Crippen LogP contribution in [0.15, 0.2) is 12.7 Å². The van der Waals surface area contributed by atoms with Gasteiger partial charge < -0.3 is 5.32 Å². The van der Waals surface area contributed by atoms with Crippen molar-refractivity contribution in [2.45, 2.75) is 26.3 Å². The van der Waals surface area contributed by atoms with Crippen LogP contribution in [0, 0.1) is 0 Å². The third-order valence-electron chi connectivity index (χ3n) is 1.65. The first-order valence-corrected chi connectivity index (χ1v) is 4.46. The van der Waals surface area contributed by atoms with Gasteiger partial charge in [0, 0.05) is 12.5 Å². The summed E-state index contributed by atoms with van der Waals surface area (Å²) in [6, 6.07) is 0. The summed E-state index contributed by atoms with van der Waals surface area (Å²) in [6.07, 6.45) is 1.82. The normalized spacial score (nSPS) is 10.7. The fourth-order valence-electron chi connectivity index (χ4n) is 0.940. The van der Waals surface area contributed by atoms with Crippen LogP contribution in [0.1, 0.15) is 31.4 Å². The summed E-state index contributed by atoms with van der Waals surface area (Å²) in [5, 5.41) is 10.1. The van der Waals surface area contributed by atoms with Gasteiger partial charge in [-0.2, -0.15) is 5.10 Å². The van der Waals surface area contributed by atoms with Crippen molar-refractivity contribution in [3.05, 3.63) is 24.3 Å². The van der Waals surface area contributed by atoms with Crippen molar-refractivity contribution in [1.82, 2.24) is 20.5 Å². The van der Waals surface area contributed by atoms with E-state index in [1.807, 2.05) is 6.08 Å². The van der Waals surface area contributed by atoms with Gasteiger partial charge in [-0.3, -0.25) is 5.10 Å². The van der Waals surface area contributed by atoms with Gasteiger partial charge in [0.15, 0.2) is 5.82 Å². The highest BCUT2D eigenvalue weighted by atomic mass is 15.2. The number of hydrogen-bond donors (Lipinski definition) is 2. The van der Waals surface area contributed by atoms with E-state index in [1.165, 1.54) is 0 Å². The van der Waals surface area contributed by atoms with Crippen molar-refractivity contribution in [2.75, 3.05) is 6.54 Å². The molecule has 0 unspecified atom stereocenters. The third-order valence-corrected chi connectivity index (χ3v) is 1.65. The molecule has 4 nitrogen and oxygen atoms in total. The first-order chi connectivity index (χ1) is 6.24. The van der Waals surface area contributed by atoms with Crippen LogP contribution in [0.25, 0.3) is 0 Å². The molecule has 0 aliphatic carbocycles. The Morgan fingerprint density at radius 3 is 2.92 bits per heavy atom. The minimum Gasteiger partial charge on any atom is -0.306 e. The summed E-state index contributed by atoms with van der Waals surface area (Å²) < 4.78 is 0. The Kier molecular flexibility index (Phi) is 3.64. The Bertz CT molecular complexity index is 264. The Hall–Kier alpha value is -1.16. The average Bonchev–Trinajstić information content (AvgIpc) is 2.53. The maximum absolute atomic E-state index is 4.32. The van der Waals surface area contributed by atoms with Crippen molar-refractivity contribution >= 4 is 0 Å². The van der Waals surface area contributed by atoms with E-state index in [2.05, 4.69) is 40.9 Å². The van der Waals surface area contributed by atoms with Gasteiger partial charge in [-0.05, 0) is 0 Å². The maximum Gasteiger partial charge on any atom is 0.153 e. The molecule has 0 atom stereocenters. The summed E-state index contributed by atoms with van der Waals surface area (Å²) in [5.74, 6) is 2.13. The summed E-state index contributed by atoms with van der Waals surface area (Å²) in [4.78, 5) is 4.32. The molecule has 0 saturated carbocycles.